The Kier molecular flexibility index (Phi) is 7.11. The van der Waals surface area contributed by atoms with Gasteiger partial charge in [-0.25, -0.2) is 4.39 Å². The normalized spacial score (nSPS) is 15.5. The number of piperidine rings is 1. The number of hydrogen-bond acceptors (Lipinski definition) is 4. The Hall–Kier alpha value is -3.15. The van der Waals surface area contributed by atoms with E-state index in [9.17, 15) is 9.18 Å². The molecule has 1 atom stereocenters. The van der Waals surface area contributed by atoms with Crippen LogP contribution >= 0.6 is 0 Å². The molecule has 1 aromatic heterocycles. The zero-order chi connectivity index (χ0) is 23.4. The van der Waals surface area contributed by atoms with Gasteiger partial charge >= 0.3 is 0 Å². The summed E-state index contributed by atoms with van der Waals surface area (Å²) in [7, 11) is 0. The van der Waals surface area contributed by atoms with Gasteiger partial charge in [0.25, 0.3) is 5.91 Å². The number of anilines is 1. The highest BCUT2D eigenvalue weighted by atomic mass is 19.1. The number of rotatable bonds is 7. The van der Waals surface area contributed by atoms with Crippen LogP contribution in [0.4, 0.5) is 10.3 Å². The maximum absolute atomic E-state index is 14.5. The van der Waals surface area contributed by atoms with Crippen molar-refractivity contribution in [1.82, 2.24) is 10.1 Å². The largest absolute Gasteiger partial charge is 0.340 e. The summed E-state index contributed by atoms with van der Waals surface area (Å²) in [5.41, 5.74) is 2.64. The molecular weight excluding hydrogens is 417 g/mol. The molecule has 1 aliphatic rings. The molecular formula is C27H32FN3O2. The van der Waals surface area contributed by atoms with Crippen molar-refractivity contribution >= 4 is 11.8 Å². The van der Waals surface area contributed by atoms with Crippen LogP contribution in [0, 0.1) is 11.7 Å². The van der Waals surface area contributed by atoms with Crippen LogP contribution in [-0.2, 0) is 6.54 Å². The second-order valence-corrected chi connectivity index (χ2v) is 9.02. The van der Waals surface area contributed by atoms with E-state index in [1.165, 1.54) is 6.07 Å². The zero-order valence-corrected chi connectivity index (χ0v) is 19.6. The van der Waals surface area contributed by atoms with E-state index in [1.54, 1.807) is 23.1 Å². The van der Waals surface area contributed by atoms with E-state index in [-0.39, 0.29) is 17.5 Å². The monoisotopic (exact) mass is 449 g/mol. The Morgan fingerprint density at radius 2 is 1.82 bits per heavy atom. The van der Waals surface area contributed by atoms with Gasteiger partial charge in [0.05, 0.1) is 17.7 Å². The molecule has 1 aliphatic heterocycles. The predicted molar refractivity (Wildman–Crippen MR) is 129 cm³/mol. The lowest BCUT2D eigenvalue weighted by atomic mass is 9.98. The number of aromatic nitrogens is 1. The molecule has 2 heterocycles. The van der Waals surface area contributed by atoms with Gasteiger partial charge in [-0.1, -0.05) is 61.5 Å². The molecule has 0 radical (unpaired) electrons. The molecule has 0 spiro atoms. The average molecular weight is 450 g/mol. The van der Waals surface area contributed by atoms with Gasteiger partial charge in [-0.2, -0.15) is 0 Å². The van der Waals surface area contributed by atoms with Crippen LogP contribution in [0.1, 0.15) is 56.0 Å². The SMILES string of the molecule is CC[C@@H](C)N(Cc1c(-c2ccccc2)noc1N1CCC(C)CC1)C(=O)c1ccccc1F. The lowest BCUT2D eigenvalue weighted by Gasteiger charge is -2.32. The molecule has 0 unspecified atom stereocenters. The van der Waals surface area contributed by atoms with Crippen molar-refractivity contribution in [2.24, 2.45) is 5.92 Å². The summed E-state index contributed by atoms with van der Waals surface area (Å²) in [4.78, 5) is 17.5. The summed E-state index contributed by atoms with van der Waals surface area (Å²) in [6.07, 6.45) is 2.93. The van der Waals surface area contributed by atoms with E-state index in [2.05, 4.69) is 17.0 Å². The van der Waals surface area contributed by atoms with Gasteiger partial charge in [0, 0.05) is 24.7 Å². The van der Waals surface area contributed by atoms with Crippen molar-refractivity contribution in [2.45, 2.75) is 52.6 Å². The van der Waals surface area contributed by atoms with Gasteiger partial charge in [0.1, 0.15) is 11.5 Å². The first-order chi connectivity index (χ1) is 16.0. The third-order valence-electron chi connectivity index (χ3n) is 6.70. The summed E-state index contributed by atoms with van der Waals surface area (Å²) >= 11 is 0. The molecule has 33 heavy (non-hydrogen) atoms. The van der Waals surface area contributed by atoms with Crippen LogP contribution in [0.3, 0.4) is 0 Å². The summed E-state index contributed by atoms with van der Waals surface area (Å²) in [6.45, 7) is 8.38. The summed E-state index contributed by atoms with van der Waals surface area (Å²) in [5.74, 6) is 0.575. The molecule has 5 nitrogen and oxygen atoms in total. The molecule has 1 amide bonds. The predicted octanol–water partition coefficient (Wildman–Crippen LogP) is 6.16. The van der Waals surface area contributed by atoms with Crippen LogP contribution < -0.4 is 4.90 Å². The Morgan fingerprint density at radius 1 is 1.15 bits per heavy atom. The summed E-state index contributed by atoms with van der Waals surface area (Å²) in [6, 6.07) is 16.0. The molecule has 174 valence electrons. The molecule has 0 bridgehead atoms. The molecule has 1 fully saturated rings. The third-order valence-corrected chi connectivity index (χ3v) is 6.70. The fourth-order valence-corrected chi connectivity index (χ4v) is 4.33. The van der Waals surface area contributed by atoms with E-state index in [0.717, 1.165) is 55.1 Å². The number of halogens is 1. The Morgan fingerprint density at radius 3 is 2.48 bits per heavy atom. The van der Waals surface area contributed by atoms with E-state index in [1.807, 2.05) is 44.2 Å². The van der Waals surface area contributed by atoms with Crippen molar-refractivity contribution in [1.29, 1.82) is 0 Å². The lowest BCUT2D eigenvalue weighted by Crippen LogP contribution is -2.39. The molecule has 0 saturated carbocycles. The smallest absolute Gasteiger partial charge is 0.257 e. The first kappa shape index (κ1) is 23.0. The van der Waals surface area contributed by atoms with Gasteiger partial charge in [-0.05, 0) is 44.2 Å². The minimum absolute atomic E-state index is 0.0788. The Bertz CT molecular complexity index is 1070. The summed E-state index contributed by atoms with van der Waals surface area (Å²) < 4.78 is 20.4. The number of benzene rings is 2. The Labute approximate surface area is 195 Å². The minimum atomic E-state index is -0.505. The second kappa shape index (κ2) is 10.2. The fraction of sp³-hybridized carbons (Fsp3) is 0.407. The molecule has 3 aromatic rings. The van der Waals surface area contributed by atoms with Crippen LogP contribution in [0.5, 0.6) is 0 Å². The van der Waals surface area contributed by atoms with Gasteiger partial charge in [-0.3, -0.25) is 4.79 Å². The molecule has 1 saturated heterocycles. The number of nitrogens with zero attached hydrogens (tertiary/aromatic N) is 3. The van der Waals surface area contributed by atoms with Crippen molar-refractivity contribution in [3.05, 3.63) is 71.5 Å². The van der Waals surface area contributed by atoms with Crippen molar-refractivity contribution in [3.63, 3.8) is 0 Å². The highest BCUT2D eigenvalue weighted by Gasteiger charge is 2.30. The van der Waals surface area contributed by atoms with Crippen LogP contribution in [0.25, 0.3) is 11.3 Å². The van der Waals surface area contributed by atoms with Crippen LogP contribution in [-0.4, -0.2) is 35.1 Å². The quantitative estimate of drug-likeness (QED) is 0.434. The first-order valence-electron chi connectivity index (χ1n) is 11.8. The standard InChI is InChI=1S/C27H32FN3O2/c1-4-20(3)31(26(32)22-12-8-9-13-24(22)28)18-23-25(21-10-6-5-7-11-21)29-33-27(23)30-16-14-19(2)15-17-30/h5-13,19-20H,4,14-18H2,1-3H3/t20-/m1/s1. The second-order valence-electron chi connectivity index (χ2n) is 9.02. The average Bonchev–Trinajstić information content (AvgIpc) is 3.26. The van der Waals surface area contributed by atoms with E-state index in [4.69, 9.17) is 4.52 Å². The van der Waals surface area contributed by atoms with E-state index in [0.29, 0.717) is 12.5 Å². The molecule has 0 aliphatic carbocycles. The molecule has 2 aromatic carbocycles. The van der Waals surface area contributed by atoms with Crippen molar-refractivity contribution in [2.75, 3.05) is 18.0 Å². The molecule has 4 rings (SSSR count). The molecule has 0 N–H and O–H groups in total. The number of hydrogen-bond donors (Lipinski definition) is 0. The topological polar surface area (TPSA) is 49.6 Å². The minimum Gasteiger partial charge on any atom is -0.340 e. The van der Waals surface area contributed by atoms with Gasteiger partial charge in [0.15, 0.2) is 0 Å². The number of amides is 1. The maximum atomic E-state index is 14.5. The highest BCUT2D eigenvalue weighted by Crippen LogP contribution is 2.35. The fourth-order valence-electron chi connectivity index (χ4n) is 4.33. The summed E-state index contributed by atoms with van der Waals surface area (Å²) in [5, 5.41) is 4.44. The van der Waals surface area contributed by atoms with E-state index >= 15 is 0 Å². The van der Waals surface area contributed by atoms with Crippen LogP contribution in [0.2, 0.25) is 0 Å². The third kappa shape index (κ3) is 4.95. The van der Waals surface area contributed by atoms with Gasteiger partial charge in [-0.15, -0.1) is 0 Å². The van der Waals surface area contributed by atoms with Crippen molar-refractivity contribution in [3.8, 4) is 11.3 Å². The van der Waals surface area contributed by atoms with Crippen molar-refractivity contribution < 1.29 is 13.7 Å². The first-order valence-corrected chi connectivity index (χ1v) is 11.8. The van der Waals surface area contributed by atoms with Gasteiger partial charge < -0.3 is 14.3 Å². The van der Waals surface area contributed by atoms with Gasteiger partial charge in [0.2, 0.25) is 5.88 Å². The van der Waals surface area contributed by atoms with E-state index < -0.39 is 5.82 Å². The number of carbonyl (C=O) groups is 1. The van der Waals surface area contributed by atoms with Crippen LogP contribution in [0.15, 0.2) is 59.1 Å². The number of carbonyl (C=O) groups excluding carboxylic acids is 1. The molecule has 6 heteroatoms. The lowest BCUT2D eigenvalue weighted by molar-refractivity contribution is 0.0667. The Balaban J connectivity index is 1.75. The highest BCUT2D eigenvalue weighted by molar-refractivity contribution is 5.94. The zero-order valence-electron chi connectivity index (χ0n) is 19.6. The maximum Gasteiger partial charge on any atom is 0.257 e.